The third-order valence-electron chi connectivity index (χ3n) is 5.94. The van der Waals surface area contributed by atoms with Crippen molar-refractivity contribution < 1.29 is 19.4 Å². The first-order valence-corrected chi connectivity index (χ1v) is 9.09. The van der Waals surface area contributed by atoms with Gasteiger partial charge in [0.15, 0.2) is 0 Å². The average molecular weight is 360 g/mol. The van der Waals surface area contributed by atoms with Crippen molar-refractivity contribution in [2.45, 2.75) is 17.7 Å². The molecule has 5 heteroatoms. The van der Waals surface area contributed by atoms with Crippen LogP contribution in [-0.2, 0) is 14.3 Å². The molecule has 27 heavy (non-hydrogen) atoms. The molecule has 5 rings (SSSR count). The first kappa shape index (κ1) is 16.3. The lowest BCUT2D eigenvalue weighted by molar-refractivity contribution is -0.313. The summed E-state index contributed by atoms with van der Waals surface area (Å²) in [4.78, 5) is 26.9. The maximum atomic E-state index is 13.4. The predicted octanol–water partition coefficient (Wildman–Crippen LogP) is 1.31. The Kier molecular flexibility index (Phi) is 3.49. The van der Waals surface area contributed by atoms with Crippen LogP contribution in [0.1, 0.15) is 17.2 Å². The van der Waals surface area contributed by atoms with E-state index in [0.717, 1.165) is 11.1 Å². The molecule has 2 saturated heterocycles. The molecule has 136 valence electrons. The lowest BCUT2D eigenvalue weighted by Crippen LogP contribution is -2.45. The van der Waals surface area contributed by atoms with Crippen LogP contribution in [-0.4, -0.2) is 35.0 Å². The maximum absolute atomic E-state index is 13.4. The van der Waals surface area contributed by atoms with Crippen LogP contribution in [0, 0.1) is 11.8 Å². The fraction of sp³-hybridized carbons (Fsp3) is 0.273. The Morgan fingerprint density at radius 1 is 1.07 bits per heavy atom. The van der Waals surface area contributed by atoms with Crippen LogP contribution in [0.5, 0.6) is 0 Å². The van der Waals surface area contributed by atoms with E-state index >= 15 is 0 Å². The van der Waals surface area contributed by atoms with Crippen LogP contribution in [0.4, 0.5) is 0 Å². The molecule has 0 aliphatic carbocycles. The van der Waals surface area contributed by atoms with E-state index in [1.807, 2.05) is 66.7 Å². The van der Waals surface area contributed by atoms with Crippen LogP contribution < -0.4 is 5.11 Å². The van der Waals surface area contributed by atoms with Gasteiger partial charge in [0.1, 0.15) is 5.60 Å². The number of hydrogen-bond acceptors (Lipinski definition) is 4. The highest BCUT2D eigenvalue weighted by molar-refractivity contribution is 5.90. The minimum Gasteiger partial charge on any atom is -0.550 e. The molecule has 0 unspecified atom stereocenters. The zero-order valence-corrected chi connectivity index (χ0v) is 14.5. The number of amides is 1. The van der Waals surface area contributed by atoms with Crippen molar-refractivity contribution in [3.63, 3.8) is 0 Å². The van der Waals surface area contributed by atoms with Crippen molar-refractivity contribution in [1.82, 2.24) is 4.90 Å². The first-order valence-electron chi connectivity index (χ1n) is 9.09. The van der Waals surface area contributed by atoms with E-state index in [1.165, 1.54) is 0 Å². The van der Waals surface area contributed by atoms with Crippen LogP contribution in [0.3, 0.4) is 0 Å². The number of carboxylic acids is 1. The van der Waals surface area contributed by atoms with Crippen LogP contribution in [0.15, 0.2) is 72.8 Å². The molecule has 2 bridgehead atoms. The maximum Gasteiger partial charge on any atom is 0.230 e. The number of carbonyl (C=O) groups excluding carboxylic acids is 2. The summed E-state index contributed by atoms with van der Waals surface area (Å²) < 4.78 is 5.99. The van der Waals surface area contributed by atoms with Gasteiger partial charge in [-0.2, -0.15) is 0 Å². The topological polar surface area (TPSA) is 69.7 Å². The zero-order chi connectivity index (χ0) is 18.6. The lowest BCUT2D eigenvalue weighted by Gasteiger charge is -2.31. The highest BCUT2D eigenvalue weighted by Crippen LogP contribution is 2.53. The second kappa shape index (κ2) is 5.79. The Morgan fingerprint density at radius 3 is 2.22 bits per heavy atom. The standard InChI is InChI=1S/C22H19NO4/c24-20-18-17(21(25)26)16-11-12-22(18,27-16)13-23(20)19(14-7-3-1-4-8-14)15-9-5-2-6-10-15/h1-12,16-19H,13H2,(H,25,26)/p-1/t16-,17+,18-,22+/m0/s1. The van der Waals surface area contributed by atoms with Crippen molar-refractivity contribution in [3.8, 4) is 0 Å². The number of ether oxygens (including phenoxy) is 1. The summed E-state index contributed by atoms with van der Waals surface area (Å²) in [5.41, 5.74) is 1.10. The van der Waals surface area contributed by atoms with E-state index in [9.17, 15) is 14.7 Å². The molecule has 5 nitrogen and oxygen atoms in total. The normalized spacial score (nSPS) is 30.9. The molecule has 2 fully saturated rings. The summed E-state index contributed by atoms with van der Waals surface area (Å²) in [6.45, 7) is 0.335. The zero-order valence-electron chi connectivity index (χ0n) is 14.5. The van der Waals surface area contributed by atoms with Gasteiger partial charge in [-0.05, 0) is 11.1 Å². The Hall–Kier alpha value is -2.92. The summed E-state index contributed by atoms with van der Waals surface area (Å²) in [6.07, 6.45) is 3.05. The molecule has 2 aromatic rings. The lowest BCUT2D eigenvalue weighted by atomic mass is 9.77. The summed E-state index contributed by atoms with van der Waals surface area (Å²) in [6, 6.07) is 19.3. The van der Waals surface area contributed by atoms with Gasteiger partial charge >= 0.3 is 0 Å². The van der Waals surface area contributed by atoms with Crippen LogP contribution >= 0.6 is 0 Å². The quantitative estimate of drug-likeness (QED) is 0.771. The van der Waals surface area contributed by atoms with Crippen molar-refractivity contribution in [2.75, 3.05) is 6.54 Å². The molecule has 1 amide bonds. The number of likely N-dealkylation sites (tertiary alicyclic amines) is 1. The molecule has 0 radical (unpaired) electrons. The Balaban J connectivity index is 1.59. The van der Waals surface area contributed by atoms with E-state index < -0.39 is 29.5 Å². The molecule has 3 aliphatic rings. The second-order valence-electron chi connectivity index (χ2n) is 7.41. The van der Waals surface area contributed by atoms with E-state index in [-0.39, 0.29) is 11.9 Å². The fourth-order valence-electron chi connectivity index (χ4n) is 4.84. The number of carboxylic acid groups (broad SMARTS) is 1. The summed E-state index contributed by atoms with van der Waals surface area (Å²) in [5, 5.41) is 11.7. The largest absolute Gasteiger partial charge is 0.550 e. The molecular weight excluding hydrogens is 342 g/mol. The third kappa shape index (κ3) is 2.28. The van der Waals surface area contributed by atoms with Gasteiger partial charge in [-0.1, -0.05) is 72.8 Å². The van der Waals surface area contributed by atoms with Gasteiger partial charge in [0.25, 0.3) is 0 Å². The second-order valence-corrected chi connectivity index (χ2v) is 7.41. The summed E-state index contributed by atoms with van der Waals surface area (Å²) >= 11 is 0. The summed E-state index contributed by atoms with van der Waals surface area (Å²) in [7, 11) is 0. The van der Waals surface area contributed by atoms with Gasteiger partial charge in [-0.25, -0.2) is 0 Å². The SMILES string of the molecule is O=C([O-])[C@@H]1[C@@H]2C=C[C@]3(CN(C(c4ccccc4)c4ccccc4)C(=O)[C@H]13)O2. The van der Waals surface area contributed by atoms with Crippen molar-refractivity contribution in [2.24, 2.45) is 11.8 Å². The molecule has 0 saturated carbocycles. The number of fused-ring (bicyclic) bond motifs is 1. The van der Waals surface area contributed by atoms with E-state index in [1.54, 1.807) is 11.0 Å². The number of hydrogen-bond donors (Lipinski definition) is 0. The molecule has 0 N–H and O–H groups in total. The van der Waals surface area contributed by atoms with Gasteiger partial charge < -0.3 is 19.5 Å². The van der Waals surface area contributed by atoms with Gasteiger partial charge in [-0.3, -0.25) is 4.79 Å². The van der Waals surface area contributed by atoms with Gasteiger partial charge in [0.05, 0.1) is 24.6 Å². The fourth-order valence-corrected chi connectivity index (χ4v) is 4.84. The van der Waals surface area contributed by atoms with E-state index in [4.69, 9.17) is 4.74 Å². The van der Waals surface area contributed by atoms with Crippen molar-refractivity contribution >= 4 is 11.9 Å². The first-order chi connectivity index (χ1) is 13.1. The smallest absolute Gasteiger partial charge is 0.230 e. The molecule has 2 aromatic carbocycles. The minimum absolute atomic E-state index is 0.186. The predicted molar refractivity (Wildman–Crippen MR) is 95.2 cm³/mol. The molecule has 1 spiro atoms. The monoisotopic (exact) mass is 360 g/mol. The minimum atomic E-state index is -1.22. The van der Waals surface area contributed by atoms with Crippen molar-refractivity contribution in [3.05, 3.63) is 83.9 Å². The van der Waals surface area contributed by atoms with E-state index in [0.29, 0.717) is 6.54 Å². The van der Waals surface area contributed by atoms with Gasteiger partial charge in [0, 0.05) is 11.9 Å². The van der Waals surface area contributed by atoms with E-state index in [2.05, 4.69) is 0 Å². The number of aliphatic carboxylic acids is 1. The highest BCUT2D eigenvalue weighted by atomic mass is 16.5. The average Bonchev–Trinajstić information content (AvgIpc) is 3.32. The summed E-state index contributed by atoms with van der Waals surface area (Å²) in [5.74, 6) is -3.07. The molecule has 4 atom stereocenters. The third-order valence-corrected chi connectivity index (χ3v) is 5.94. The number of benzene rings is 2. The Labute approximate surface area is 156 Å². The van der Waals surface area contributed by atoms with Gasteiger partial charge in [-0.15, -0.1) is 0 Å². The molecular formula is C22H18NO4-. The van der Waals surface area contributed by atoms with Gasteiger partial charge in [0.2, 0.25) is 5.91 Å². The Morgan fingerprint density at radius 2 is 1.67 bits per heavy atom. The molecule has 3 heterocycles. The number of nitrogens with zero attached hydrogens (tertiary/aromatic N) is 1. The number of rotatable bonds is 4. The Bertz CT molecular complexity index is 886. The molecule has 0 aromatic heterocycles. The highest BCUT2D eigenvalue weighted by Gasteiger charge is 2.66. The van der Waals surface area contributed by atoms with Crippen LogP contribution in [0.2, 0.25) is 0 Å². The molecule has 3 aliphatic heterocycles. The van der Waals surface area contributed by atoms with Crippen molar-refractivity contribution in [1.29, 1.82) is 0 Å². The number of carbonyl (C=O) groups is 2. The van der Waals surface area contributed by atoms with Crippen LogP contribution in [0.25, 0.3) is 0 Å².